The van der Waals surface area contributed by atoms with Crippen LogP contribution in [0.2, 0.25) is 0 Å². The first-order valence-corrected chi connectivity index (χ1v) is 9.62. The number of benzene rings is 2. The summed E-state index contributed by atoms with van der Waals surface area (Å²) in [5.74, 6) is -0.259. The largest absolute Gasteiger partial charge is 0.352 e. The number of para-hydroxylation sites is 2. The summed E-state index contributed by atoms with van der Waals surface area (Å²) in [6.07, 6.45) is 4.38. The monoisotopic (exact) mass is 405 g/mol. The van der Waals surface area contributed by atoms with Gasteiger partial charge in [-0.3, -0.25) is 19.7 Å². The summed E-state index contributed by atoms with van der Waals surface area (Å²) in [5.41, 5.74) is 3.76. The number of aromatic nitrogens is 2. The highest BCUT2D eigenvalue weighted by Gasteiger charge is 2.15. The minimum Gasteiger partial charge on any atom is -0.352 e. The number of carbonyl (C=O) groups is 2. The molecule has 154 valence electrons. The Bertz CT molecular complexity index is 910. The van der Waals surface area contributed by atoms with Crippen LogP contribution in [0.15, 0.2) is 73.1 Å². The van der Waals surface area contributed by atoms with Gasteiger partial charge in [-0.25, -0.2) is 15.4 Å². The Morgan fingerprint density at radius 1 is 0.867 bits per heavy atom. The highest BCUT2D eigenvalue weighted by atomic mass is 16.5. The molecule has 8 nitrogen and oxygen atoms in total. The van der Waals surface area contributed by atoms with E-state index in [1.165, 1.54) is 12.4 Å². The van der Waals surface area contributed by atoms with Crippen LogP contribution in [0, 0.1) is 0 Å². The second-order valence-electron chi connectivity index (χ2n) is 6.53. The molecular weight excluding hydrogens is 382 g/mol. The van der Waals surface area contributed by atoms with Crippen molar-refractivity contribution in [1.82, 2.24) is 20.8 Å². The van der Waals surface area contributed by atoms with E-state index in [1.54, 1.807) is 5.48 Å². The lowest BCUT2D eigenvalue weighted by atomic mass is 10.2. The van der Waals surface area contributed by atoms with E-state index in [-0.39, 0.29) is 12.3 Å². The van der Waals surface area contributed by atoms with Crippen molar-refractivity contribution in [2.45, 2.75) is 19.3 Å². The highest BCUT2D eigenvalue weighted by Crippen LogP contribution is 2.31. The van der Waals surface area contributed by atoms with Crippen LogP contribution in [0.25, 0.3) is 0 Å². The molecular formula is C22H23N5O3. The number of anilines is 3. The zero-order valence-electron chi connectivity index (χ0n) is 16.4. The number of hydrogen-bond acceptors (Lipinski definition) is 6. The second kappa shape index (κ2) is 10.7. The van der Waals surface area contributed by atoms with E-state index >= 15 is 0 Å². The quantitative estimate of drug-likeness (QED) is 0.286. The molecule has 0 aliphatic rings. The van der Waals surface area contributed by atoms with Crippen molar-refractivity contribution in [2.75, 3.05) is 11.4 Å². The van der Waals surface area contributed by atoms with Crippen molar-refractivity contribution in [2.24, 2.45) is 0 Å². The molecule has 3 aromatic rings. The van der Waals surface area contributed by atoms with Crippen molar-refractivity contribution in [3.05, 3.63) is 78.6 Å². The molecule has 1 aromatic heterocycles. The van der Waals surface area contributed by atoms with Gasteiger partial charge >= 0.3 is 0 Å². The van der Waals surface area contributed by atoms with E-state index in [0.717, 1.165) is 11.4 Å². The van der Waals surface area contributed by atoms with E-state index in [9.17, 15) is 9.59 Å². The Hall–Kier alpha value is -3.78. The van der Waals surface area contributed by atoms with Gasteiger partial charge in [-0.1, -0.05) is 36.4 Å². The van der Waals surface area contributed by atoms with Crippen molar-refractivity contribution < 1.29 is 14.8 Å². The number of nitrogens with zero attached hydrogens (tertiary/aromatic N) is 3. The van der Waals surface area contributed by atoms with Crippen LogP contribution in [0.4, 0.5) is 17.3 Å². The molecule has 2 aromatic carbocycles. The number of amides is 2. The molecule has 0 aliphatic carbocycles. The molecule has 0 fully saturated rings. The minimum absolute atomic E-state index is 0.207. The van der Waals surface area contributed by atoms with Crippen molar-refractivity contribution in [1.29, 1.82) is 0 Å². The van der Waals surface area contributed by atoms with Crippen LogP contribution in [-0.2, 0) is 4.79 Å². The van der Waals surface area contributed by atoms with E-state index in [1.807, 2.05) is 65.6 Å². The third-order valence-electron chi connectivity index (χ3n) is 4.37. The van der Waals surface area contributed by atoms with Gasteiger partial charge in [0, 0.05) is 36.7 Å². The van der Waals surface area contributed by atoms with Crippen LogP contribution in [0.1, 0.15) is 29.6 Å². The maximum absolute atomic E-state index is 12.3. The first-order valence-electron chi connectivity index (χ1n) is 9.62. The molecule has 0 radical (unpaired) electrons. The summed E-state index contributed by atoms with van der Waals surface area (Å²) in [5, 5.41) is 11.2. The van der Waals surface area contributed by atoms with E-state index in [4.69, 9.17) is 5.21 Å². The van der Waals surface area contributed by atoms with Gasteiger partial charge in [0.15, 0.2) is 0 Å². The maximum Gasteiger partial charge on any atom is 0.254 e. The van der Waals surface area contributed by atoms with Crippen molar-refractivity contribution >= 4 is 29.1 Å². The molecule has 30 heavy (non-hydrogen) atoms. The lowest BCUT2D eigenvalue weighted by Gasteiger charge is -2.22. The van der Waals surface area contributed by atoms with Gasteiger partial charge in [0.05, 0.1) is 5.56 Å². The lowest BCUT2D eigenvalue weighted by Crippen LogP contribution is -2.25. The van der Waals surface area contributed by atoms with Gasteiger partial charge < -0.3 is 5.32 Å². The molecule has 1 heterocycles. The van der Waals surface area contributed by atoms with Crippen LogP contribution in [0.5, 0.6) is 0 Å². The zero-order chi connectivity index (χ0) is 21.2. The topological polar surface area (TPSA) is 107 Å². The van der Waals surface area contributed by atoms with Gasteiger partial charge in [0.1, 0.15) is 0 Å². The molecule has 8 heteroatoms. The van der Waals surface area contributed by atoms with Crippen LogP contribution >= 0.6 is 0 Å². The molecule has 0 unspecified atom stereocenters. The number of nitrogens with one attached hydrogen (secondary N) is 2. The number of carbonyl (C=O) groups excluding carboxylic acids is 2. The molecule has 0 spiro atoms. The highest BCUT2D eigenvalue weighted by molar-refractivity contribution is 5.93. The van der Waals surface area contributed by atoms with Gasteiger partial charge in [-0.05, 0) is 37.1 Å². The van der Waals surface area contributed by atoms with Crippen LogP contribution in [-0.4, -0.2) is 33.5 Å². The summed E-state index contributed by atoms with van der Waals surface area (Å²) in [6.45, 7) is 0.416. The average Bonchev–Trinajstić information content (AvgIpc) is 2.80. The molecule has 0 saturated heterocycles. The molecule has 0 saturated carbocycles. The lowest BCUT2D eigenvalue weighted by molar-refractivity contribution is -0.129. The van der Waals surface area contributed by atoms with Crippen molar-refractivity contribution in [3.63, 3.8) is 0 Å². The molecule has 0 bridgehead atoms. The first kappa shape index (κ1) is 20.9. The summed E-state index contributed by atoms with van der Waals surface area (Å²) < 4.78 is 0. The fourth-order valence-corrected chi connectivity index (χ4v) is 2.86. The SMILES string of the molecule is O=C(CCCCNC(=O)c1cnc(N(c2ccccc2)c2ccccc2)nc1)NO. The van der Waals surface area contributed by atoms with E-state index in [2.05, 4.69) is 15.3 Å². The smallest absolute Gasteiger partial charge is 0.254 e. The number of hydrogen-bond donors (Lipinski definition) is 3. The Labute approximate surface area is 174 Å². The maximum atomic E-state index is 12.3. The van der Waals surface area contributed by atoms with Crippen molar-refractivity contribution in [3.8, 4) is 0 Å². The predicted octanol–water partition coefficient (Wildman–Crippen LogP) is 3.35. The molecule has 0 aliphatic heterocycles. The number of hydroxylamine groups is 1. The van der Waals surface area contributed by atoms with E-state index < -0.39 is 5.91 Å². The third-order valence-corrected chi connectivity index (χ3v) is 4.37. The fourth-order valence-electron chi connectivity index (χ4n) is 2.86. The second-order valence-corrected chi connectivity index (χ2v) is 6.53. The summed E-state index contributed by atoms with van der Waals surface area (Å²) in [6, 6.07) is 19.5. The van der Waals surface area contributed by atoms with Gasteiger partial charge in [0.2, 0.25) is 11.9 Å². The Morgan fingerprint density at radius 2 is 1.43 bits per heavy atom. The molecule has 3 N–H and O–H groups in total. The fraction of sp³-hybridized carbons (Fsp3) is 0.182. The van der Waals surface area contributed by atoms with Gasteiger partial charge in [0.25, 0.3) is 5.91 Å². The number of rotatable bonds is 9. The molecule has 2 amide bonds. The van der Waals surface area contributed by atoms with Gasteiger partial charge in [-0.2, -0.15) is 0 Å². The average molecular weight is 405 g/mol. The molecule has 3 rings (SSSR count). The predicted molar refractivity (Wildman–Crippen MR) is 113 cm³/mol. The third kappa shape index (κ3) is 5.62. The van der Waals surface area contributed by atoms with E-state index in [0.29, 0.717) is 30.9 Å². The van der Waals surface area contributed by atoms with Crippen LogP contribution < -0.4 is 15.7 Å². The normalized spacial score (nSPS) is 10.3. The summed E-state index contributed by atoms with van der Waals surface area (Å²) in [4.78, 5) is 34.0. The zero-order valence-corrected chi connectivity index (χ0v) is 16.4. The Morgan fingerprint density at radius 3 is 1.97 bits per heavy atom. The molecule has 0 atom stereocenters. The Kier molecular flexibility index (Phi) is 7.45. The first-order chi connectivity index (χ1) is 14.7. The van der Waals surface area contributed by atoms with Crippen LogP contribution in [0.3, 0.4) is 0 Å². The minimum atomic E-state index is -0.438. The summed E-state index contributed by atoms with van der Waals surface area (Å²) in [7, 11) is 0. The van der Waals surface area contributed by atoms with Gasteiger partial charge in [-0.15, -0.1) is 0 Å². The number of unbranched alkanes of at least 4 members (excludes halogenated alkanes) is 1. The summed E-state index contributed by atoms with van der Waals surface area (Å²) >= 11 is 0. The standard InChI is InChI=1S/C22H23N5O3/c28-20(26-30)13-7-8-14-23-21(29)17-15-24-22(25-16-17)27(18-9-3-1-4-10-18)19-11-5-2-6-12-19/h1-6,9-12,15-16,30H,7-8,13-14H2,(H,23,29)(H,26,28). The Balaban J connectivity index is 1.67.